The first-order valence-corrected chi connectivity index (χ1v) is 10.1. The first-order chi connectivity index (χ1) is 12.3. The fourth-order valence-corrected chi connectivity index (χ4v) is 5.56. The zero-order valence-electron chi connectivity index (χ0n) is 14.2. The van der Waals surface area contributed by atoms with Crippen LogP contribution in [-0.4, -0.2) is 41.4 Å². The van der Waals surface area contributed by atoms with E-state index in [4.69, 9.17) is 5.73 Å². The average Bonchev–Trinajstić information content (AvgIpc) is 2.98. The maximum atomic E-state index is 6.13. The molecule has 2 saturated heterocycles. The molecule has 0 aliphatic carbocycles. The highest BCUT2D eigenvalue weighted by atomic mass is 32.2. The van der Waals surface area contributed by atoms with Gasteiger partial charge in [0, 0.05) is 30.4 Å². The van der Waals surface area contributed by atoms with Crippen LogP contribution in [0.1, 0.15) is 18.4 Å². The van der Waals surface area contributed by atoms with Crippen LogP contribution < -0.4 is 16.0 Å². The highest BCUT2D eigenvalue weighted by Gasteiger charge is 2.36. The highest BCUT2D eigenvalue weighted by Crippen LogP contribution is 2.43. The lowest BCUT2D eigenvalue weighted by molar-refractivity contribution is 0.340. The van der Waals surface area contributed by atoms with Crippen LogP contribution in [0.25, 0.3) is 11.3 Å². The van der Waals surface area contributed by atoms with E-state index in [0.29, 0.717) is 12.0 Å². The summed E-state index contributed by atoms with van der Waals surface area (Å²) in [5.74, 6) is 3.21. The molecule has 2 atom stereocenters. The molecule has 3 N–H and O–H groups in total. The Morgan fingerprint density at radius 3 is 3.04 bits per heavy atom. The second-order valence-electron chi connectivity index (χ2n) is 7.21. The van der Waals surface area contributed by atoms with Gasteiger partial charge in [-0.3, -0.25) is 0 Å². The second kappa shape index (κ2) is 6.18. The van der Waals surface area contributed by atoms with Gasteiger partial charge < -0.3 is 16.0 Å². The summed E-state index contributed by atoms with van der Waals surface area (Å²) in [4.78, 5) is 13.0. The summed E-state index contributed by atoms with van der Waals surface area (Å²) in [5.41, 5.74) is 9.72. The Morgan fingerprint density at radius 1 is 1.20 bits per heavy atom. The summed E-state index contributed by atoms with van der Waals surface area (Å²) in [6.45, 7) is 3.24. The summed E-state index contributed by atoms with van der Waals surface area (Å²) >= 11 is 1.88. The third-order valence-electron chi connectivity index (χ3n) is 5.65. The zero-order chi connectivity index (χ0) is 16.8. The zero-order valence-corrected chi connectivity index (χ0v) is 15.1. The van der Waals surface area contributed by atoms with E-state index in [1.165, 1.54) is 28.9 Å². The van der Waals surface area contributed by atoms with Crippen LogP contribution in [0.15, 0.2) is 29.2 Å². The number of hydrogen-bond donors (Lipinski definition) is 2. The van der Waals surface area contributed by atoms with Crippen molar-refractivity contribution in [3.8, 4) is 11.3 Å². The van der Waals surface area contributed by atoms with E-state index in [-0.39, 0.29) is 0 Å². The number of nitrogens with two attached hydrogens (primary N) is 1. The first kappa shape index (κ1) is 15.5. The Balaban J connectivity index is 1.60. The Bertz CT molecular complexity index is 794. The van der Waals surface area contributed by atoms with Crippen LogP contribution in [0.3, 0.4) is 0 Å². The molecule has 0 bridgehead atoms. The van der Waals surface area contributed by atoms with E-state index in [0.717, 1.165) is 49.2 Å². The van der Waals surface area contributed by atoms with Gasteiger partial charge in [-0.1, -0.05) is 24.3 Å². The maximum absolute atomic E-state index is 6.13. The third-order valence-corrected chi connectivity index (χ3v) is 6.73. The Morgan fingerprint density at radius 2 is 2.12 bits per heavy atom. The average molecular weight is 353 g/mol. The Kier molecular flexibility index (Phi) is 3.82. The number of aromatic nitrogens is 2. The molecule has 1 aromatic carbocycles. The summed E-state index contributed by atoms with van der Waals surface area (Å²) in [6, 6.07) is 9.16. The molecule has 3 aliphatic heterocycles. The number of piperidine rings is 1. The molecule has 0 radical (unpaired) electrons. The predicted octanol–water partition coefficient (Wildman–Crippen LogP) is 2.56. The molecule has 130 valence electrons. The van der Waals surface area contributed by atoms with Crippen molar-refractivity contribution in [2.45, 2.75) is 30.2 Å². The van der Waals surface area contributed by atoms with Gasteiger partial charge in [0.1, 0.15) is 5.82 Å². The van der Waals surface area contributed by atoms with Gasteiger partial charge in [0.25, 0.3) is 0 Å². The molecule has 5 nitrogen and oxygen atoms in total. The number of aryl methyl sites for hydroxylation is 1. The van der Waals surface area contributed by atoms with Gasteiger partial charge in [-0.15, -0.1) is 11.8 Å². The molecule has 0 saturated carbocycles. The van der Waals surface area contributed by atoms with Crippen molar-refractivity contribution < 1.29 is 0 Å². The van der Waals surface area contributed by atoms with Gasteiger partial charge in [-0.05, 0) is 37.3 Å². The van der Waals surface area contributed by atoms with Crippen LogP contribution in [0.2, 0.25) is 0 Å². The van der Waals surface area contributed by atoms with E-state index in [1.807, 2.05) is 11.8 Å². The molecule has 1 aromatic heterocycles. The number of thioether (sulfide) groups is 1. The number of nitrogens with one attached hydrogen (secondary N) is 1. The van der Waals surface area contributed by atoms with Gasteiger partial charge in [-0.2, -0.15) is 4.98 Å². The minimum absolute atomic E-state index is 0.383. The molecule has 0 amide bonds. The van der Waals surface area contributed by atoms with E-state index in [2.05, 4.69) is 44.5 Å². The number of nitrogen functional groups attached to an aromatic ring is 1. The van der Waals surface area contributed by atoms with Gasteiger partial charge in [-0.25, -0.2) is 4.98 Å². The van der Waals surface area contributed by atoms with Crippen LogP contribution >= 0.6 is 11.8 Å². The minimum atomic E-state index is 0.383. The second-order valence-corrected chi connectivity index (χ2v) is 8.31. The largest absolute Gasteiger partial charge is 0.368 e. The lowest BCUT2D eigenvalue weighted by atomic mass is 9.94. The van der Waals surface area contributed by atoms with Crippen LogP contribution in [0.5, 0.6) is 0 Å². The summed E-state index contributed by atoms with van der Waals surface area (Å²) in [6.07, 6.45) is 3.65. The van der Waals surface area contributed by atoms with Crippen molar-refractivity contribution >= 4 is 23.5 Å². The molecule has 2 fully saturated rings. The maximum Gasteiger partial charge on any atom is 0.222 e. The fourth-order valence-electron chi connectivity index (χ4n) is 4.44. The van der Waals surface area contributed by atoms with Crippen molar-refractivity contribution in [2.24, 2.45) is 5.92 Å². The fraction of sp³-hybridized carbons (Fsp3) is 0.474. The SMILES string of the molecule is Nc1nc2c(c(N3CC4CCCNC4C3)n1)SCCc1ccccc1-2. The molecule has 25 heavy (non-hydrogen) atoms. The van der Waals surface area contributed by atoms with E-state index in [1.54, 1.807) is 0 Å². The number of anilines is 2. The van der Waals surface area contributed by atoms with Crippen LogP contribution in [0, 0.1) is 5.92 Å². The van der Waals surface area contributed by atoms with E-state index < -0.39 is 0 Å². The quantitative estimate of drug-likeness (QED) is 0.821. The summed E-state index contributed by atoms with van der Waals surface area (Å²) in [7, 11) is 0. The van der Waals surface area contributed by atoms with Crippen molar-refractivity contribution in [3.05, 3.63) is 29.8 Å². The molecule has 6 heteroatoms. The monoisotopic (exact) mass is 353 g/mol. The standard InChI is InChI=1S/C19H23N5S/c20-19-22-16-14-6-2-1-4-12(14)7-9-25-17(16)18(23-19)24-10-13-5-3-8-21-15(13)11-24/h1-2,4,6,13,15,21H,3,5,7-11H2,(H2,20,22,23). The van der Waals surface area contributed by atoms with E-state index in [9.17, 15) is 0 Å². The van der Waals surface area contributed by atoms with Crippen molar-refractivity contribution in [1.82, 2.24) is 15.3 Å². The molecular weight excluding hydrogens is 330 g/mol. The summed E-state index contributed by atoms with van der Waals surface area (Å²) < 4.78 is 0. The Labute approximate surface area is 152 Å². The normalized spacial score (nSPS) is 25.0. The molecule has 3 aliphatic rings. The topological polar surface area (TPSA) is 67.1 Å². The molecule has 0 spiro atoms. The smallest absolute Gasteiger partial charge is 0.222 e. The first-order valence-electron chi connectivity index (χ1n) is 9.16. The van der Waals surface area contributed by atoms with Crippen LogP contribution in [0.4, 0.5) is 11.8 Å². The number of fused-ring (bicyclic) bond motifs is 4. The van der Waals surface area contributed by atoms with Gasteiger partial charge >= 0.3 is 0 Å². The lowest BCUT2D eigenvalue weighted by Crippen LogP contribution is -2.40. The van der Waals surface area contributed by atoms with Gasteiger partial charge in [0.05, 0.1) is 10.6 Å². The van der Waals surface area contributed by atoms with Gasteiger partial charge in [0.2, 0.25) is 5.95 Å². The third kappa shape index (κ3) is 2.68. The number of hydrogen-bond acceptors (Lipinski definition) is 6. The summed E-state index contributed by atoms with van der Waals surface area (Å²) in [5, 5.41) is 3.68. The molecular formula is C19H23N5S. The Hall–Kier alpha value is -1.79. The van der Waals surface area contributed by atoms with Crippen molar-refractivity contribution in [2.75, 3.05) is 36.0 Å². The molecule has 5 rings (SSSR count). The van der Waals surface area contributed by atoms with Crippen LogP contribution in [-0.2, 0) is 6.42 Å². The minimum Gasteiger partial charge on any atom is -0.368 e. The number of nitrogens with zero attached hydrogens (tertiary/aromatic N) is 3. The molecule has 4 heterocycles. The lowest BCUT2D eigenvalue weighted by Gasteiger charge is -2.24. The van der Waals surface area contributed by atoms with Crippen molar-refractivity contribution in [1.29, 1.82) is 0 Å². The van der Waals surface area contributed by atoms with Crippen molar-refractivity contribution in [3.63, 3.8) is 0 Å². The predicted molar refractivity (Wildman–Crippen MR) is 103 cm³/mol. The van der Waals surface area contributed by atoms with E-state index >= 15 is 0 Å². The molecule has 2 unspecified atom stereocenters. The van der Waals surface area contributed by atoms with Gasteiger partial charge in [0.15, 0.2) is 0 Å². The number of rotatable bonds is 1. The highest BCUT2D eigenvalue weighted by molar-refractivity contribution is 7.99. The number of benzene rings is 1. The molecule has 2 aromatic rings.